The van der Waals surface area contributed by atoms with Crippen molar-refractivity contribution in [3.8, 4) is 17.1 Å². The van der Waals surface area contributed by atoms with Gasteiger partial charge in [-0.1, -0.05) is 56.2 Å². The molecule has 0 bridgehead atoms. The molecule has 0 saturated heterocycles. The lowest BCUT2D eigenvalue weighted by Gasteiger charge is -2.11. The summed E-state index contributed by atoms with van der Waals surface area (Å²) < 4.78 is 10.4. The maximum absolute atomic E-state index is 11.8. The number of hydrogen-bond donors (Lipinski definition) is 0. The van der Waals surface area contributed by atoms with E-state index in [2.05, 4.69) is 16.9 Å². The van der Waals surface area contributed by atoms with Crippen molar-refractivity contribution in [2.75, 3.05) is 0 Å². The molecule has 0 radical (unpaired) electrons. The van der Waals surface area contributed by atoms with E-state index in [1.165, 1.54) is 19.3 Å². The van der Waals surface area contributed by atoms with Crippen LogP contribution in [0.2, 0.25) is 0 Å². The van der Waals surface area contributed by atoms with Crippen LogP contribution < -0.4 is 4.74 Å². The van der Waals surface area contributed by atoms with Crippen LogP contribution >= 0.6 is 0 Å². The second-order valence-corrected chi connectivity index (χ2v) is 7.19. The summed E-state index contributed by atoms with van der Waals surface area (Å²) in [7, 11) is 0. The first kappa shape index (κ1) is 23.3. The molecule has 1 heterocycles. The zero-order valence-corrected chi connectivity index (χ0v) is 18.0. The lowest BCUT2D eigenvalue weighted by molar-refractivity contribution is -0.145. The van der Waals surface area contributed by atoms with Gasteiger partial charge in [-0.05, 0) is 31.7 Å². The number of allylic oxidation sites excluding steroid dienone is 1. The van der Waals surface area contributed by atoms with Crippen LogP contribution in [0.3, 0.4) is 0 Å². The smallest absolute Gasteiger partial charge is 0.315 e. The van der Waals surface area contributed by atoms with Crippen molar-refractivity contribution in [1.82, 2.24) is 9.97 Å². The minimum Gasteiger partial charge on any atom is -0.463 e. The summed E-state index contributed by atoms with van der Waals surface area (Å²) in [6, 6.07) is 7.93. The van der Waals surface area contributed by atoms with Gasteiger partial charge < -0.3 is 9.47 Å². The lowest BCUT2D eigenvalue weighted by Crippen LogP contribution is -2.12. The van der Waals surface area contributed by atoms with E-state index >= 15 is 0 Å². The first-order valence-electron chi connectivity index (χ1n) is 10.4. The van der Waals surface area contributed by atoms with Crippen molar-refractivity contribution in [2.45, 2.75) is 65.4 Å². The van der Waals surface area contributed by atoms with Gasteiger partial charge in [0.15, 0.2) is 11.6 Å². The van der Waals surface area contributed by atoms with Crippen LogP contribution in [0.15, 0.2) is 48.8 Å². The quantitative estimate of drug-likeness (QED) is 0.292. The number of aromatic nitrogens is 2. The van der Waals surface area contributed by atoms with Crippen molar-refractivity contribution in [1.29, 1.82) is 0 Å². The summed E-state index contributed by atoms with van der Waals surface area (Å²) in [5, 5.41) is 0. The fourth-order valence-corrected chi connectivity index (χ4v) is 2.84. The molecule has 1 unspecified atom stereocenters. The minimum absolute atomic E-state index is 0.104. The summed E-state index contributed by atoms with van der Waals surface area (Å²) in [6.07, 6.45) is 11.8. The van der Waals surface area contributed by atoms with Crippen LogP contribution in [-0.2, 0) is 20.7 Å². The highest BCUT2D eigenvalue weighted by Crippen LogP contribution is 2.18. The highest BCUT2D eigenvalue weighted by molar-refractivity contribution is 5.73. The molecule has 0 saturated carbocycles. The van der Waals surface area contributed by atoms with Crippen molar-refractivity contribution < 1.29 is 19.1 Å². The third kappa shape index (κ3) is 8.55. The Morgan fingerprint density at radius 3 is 2.43 bits per heavy atom. The molecule has 6 heteroatoms. The Balaban J connectivity index is 1.84. The fraction of sp³-hybridized carbons (Fsp3) is 0.417. The zero-order valence-electron chi connectivity index (χ0n) is 18.0. The van der Waals surface area contributed by atoms with Gasteiger partial charge in [0.25, 0.3) is 0 Å². The van der Waals surface area contributed by atoms with E-state index in [-0.39, 0.29) is 24.5 Å². The summed E-state index contributed by atoms with van der Waals surface area (Å²) in [6.45, 7) is 5.44. The van der Waals surface area contributed by atoms with Crippen LogP contribution in [0.1, 0.15) is 58.4 Å². The first-order valence-corrected chi connectivity index (χ1v) is 10.4. The Morgan fingerprint density at radius 1 is 1.10 bits per heavy atom. The van der Waals surface area contributed by atoms with Crippen LogP contribution in [0.4, 0.5) is 0 Å². The van der Waals surface area contributed by atoms with E-state index in [0.29, 0.717) is 11.6 Å². The molecule has 1 atom stereocenters. The molecular formula is C24H30N2O4. The molecule has 0 spiro atoms. The maximum Gasteiger partial charge on any atom is 0.315 e. The number of nitrogens with zero attached hydrogens (tertiary/aromatic N) is 2. The third-order valence-corrected chi connectivity index (χ3v) is 4.45. The van der Waals surface area contributed by atoms with Gasteiger partial charge in [-0.2, -0.15) is 0 Å². The van der Waals surface area contributed by atoms with Crippen LogP contribution in [0.25, 0.3) is 11.4 Å². The monoisotopic (exact) mass is 410 g/mol. The number of rotatable bonds is 11. The number of aryl methyl sites for hydroxylation is 1. The van der Waals surface area contributed by atoms with Gasteiger partial charge in [-0.25, -0.2) is 9.97 Å². The summed E-state index contributed by atoms with van der Waals surface area (Å²) >= 11 is 0. The number of unbranched alkanes of at least 4 members (excludes halogenated alkanes) is 2. The van der Waals surface area contributed by atoms with Crippen LogP contribution in [-0.4, -0.2) is 28.0 Å². The fourth-order valence-electron chi connectivity index (χ4n) is 2.84. The number of ether oxygens (including phenoxy) is 2. The van der Waals surface area contributed by atoms with Gasteiger partial charge >= 0.3 is 11.9 Å². The molecule has 2 aromatic rings. The highest BCUT2D eigenvalue weighted by atomic mass is 16.5. The van der Waals surface area contributed by atoms with Gasteiger partial charge in [0.2, 0.25) is 0 Å². The van der Waals surface area contributed by atoms with Crippen molar-refractivity contribution in [3.63, 3.8) is 0 Å². The third-order valence-electron chi connectivity index (χ3n) is 4.45. The molecule has 1 aromatic heterocycles. The van der Waals surface area contributed by atoms with Gasteiger partial charge in [-0.15, -0.1) is 0 Å². The Morgan fingerprint density at radius 2 is 1.80 bits per heavy atom. The summed E-state index contributed by atoms with van der Waals surface area (Å²) in [5.41, 5.74) is 2.03. The lowest BCUT2D eigenvalue weighted by atomic mass is 10.1. The molecule has 0 aliphatic carbocycles. The van der Waals surface area contributed by atoms with Crippen LogP contribution in [0.5, 0.6) is 5.75 Å². The molecule has 160 valence electrons. The van der Waals surface area contributed by atoms with Crippen molar-refractivity contribution >= 4 is 11.9 Å². The molecular weight excluding hydrogens is 380 g/mol. The average molecular weight is 411 g/mol. The summed E-state index contributed by atoms with van der Waals surface area (Å²) in [4.78, 5) is 31.4. The predicted molar refractivity (Wildman–Crippen MR) is 116 cm³/mol. The number of esters is 2. The second-order valence-electron chi connectivity index (χ2n) is 7.19. The normalized spacial score (nSPS) is 12.0. The molecule has 1 aromatic carbocycles. The largest absolute Gasteiger partial charge is 0.463 e. The number of hydrogen-bond acceptors (Lipinski definition) is 6. The standard InChI is InChI=1S/C24H30N2O4/c1-4-5-6-7-8-9-23(28)30-22-16-25-24(26-17-22)21-14-12-20(13-15-21)11-10-18(2)29-19(3)27/h7-8,12-18H,4-6,9-11H2,1-3H3/b8-7-. The van der Waals surface area contributed by atoms with E-state index in [1.807, 2.05) is 43.3 Å². The first-order chi connectivity index (χ1) is 14.5. The van der Waals surface area contributed by atoms with E-state index in [0.717, 1.165) is 43.2 Å². The molecule has 0 fully saturated rings. The summed E-state index contributed by atoms with van der Waals surface area (Å²) in [5.74, 6) is 0.315. The van der Waals surface area contributed by atoms with E-state index in [4.69, 9.17) is 9.47 Å². The van der Waals surface area contributed by atoms with E-state index in [1.54, 1.807) is 0 Å². The predicted octanol–water partition coefficient (Wildman–Crippen LogP) is 5.07. The Bertz CT molecular complexity index is 829. The second kappa shape index (κ2) is 12.5. The molecule has 0 aliphatic heterocycles. The maximum atomic E-state index is 11.8. The average Bonchev–Trinajstić information content (AvgIpc) is 2.72. The Labute approximate surface area is 178 Å². The molecule has 30 heavy (non-hydrogen) atoms. The molecule has 0 aliphatic rings. The van der Waals surface area contributed by atoms with Crippen LogP contribution in [0, 0.1) is 0 Å². The van der Waals surface area contributed by atoms with Crippen molar-refractivity contribution in [2.24, 2.45) is 0 Å². The molecule has 2 rings (SSSR count). The van der Waals surface area contributed by atoms with E-state index < -0.39 is 0 Å². The van der Waals surface area contributed by atoms with Gasteiger partial charge in [0, 0.05) is 12.5 Å². The Hall–Kier alpha value is -3.02. The number of carbonyl (C=O) groups excluding carboxylic acids is 2. The van der Waals surface area contributed by atoms with Gasteiger partial charge in [0.1, 0.15) is 0 Å². The molecule has 6 nitrogen and oxygen atoms in total. The Kier molecular flexibility index (Phi) is 9.71. The highest BCUT2D eigenvalue weighted by Gasteiger charge is 2.08. The minimum atomic E-state index is -0.327. The molecule has 0 N–H and O–H groups in total. The topological polar surface area (TPSA) is 78.4 Å². The number of carbonyl (C=O) groups is 2. The zero-order chi connectivity index (χ0) is 21.8. The van der Waals surface area contributed by atoms with Gasteiger partial charge in [-0.3, -0.25) is 9.59 Å². The van der Waals surface area contributed by atoms with Gasteiger partial charge in [0.05, 0.1) is 24.9 Å². The van der Waals surface area contributed by atoms with E-state index in [9.17, 15) is 9.59 Å². The SMILES string of the molecule is CCCC/C=C\CC(=O)Oc1cnc(-c2ccc(CCC(C)OC(C)=O)cc2)nc1. The molecule has 0 amide bonds. The van der Waals surface area contributed by atoms with Crippen molar-refractivity contribution in [3.05, 3.63) is 54.4 Å². The number of benzene rings is 1.